The van der Waals surface area contributed by atoms with Crippen LogP contribution in [0.1, 0.15) is 5.56 Å². The van der Waals surface area contributed by atoms with Gasteiger partial charge in [-0.3, -0.25) is 0 Å². The molecule has 3 rings (SSSR count). The zero-order chi connectivity index (χ0) is 18.4. The van der Waals surface area contributed by atoms with Crippen LogP contribution in [-0.4, -0.2) is 18.4 Å². The van der Waals surface area contributed by atoms with Crippen molar-refractivity contribution in [1.29, 1.82) is 0 Å². The Hall–Kier alpha value is -2.88. The molecule has 6 nitrogen and oxygen atoms in total. The van der Waals surface area contributed by atoms with E-state index < -0.39 is 26.5 Å². The summed E-state index contributed by atoms with van der Waals surface area (Å²) in [4.78, 5) is 6.97. The second kappa shape index (κ2) is 5.59. The molecule has 3 aromatic rings. The van der Waals surface area contributed by atoms with Crippen LogP contribution in [0, 0.1) is 0 Å². The number of aromatic nitrogens is 2. The number of benzene rings is 2. The minimum atomic E-state index is -4.65. The standard InChI is InChI=1S/C15H11F3N4O2S/c16-15(17,18)8-2-1-3-9(6-8)25(23,24)10-4-5-12-11(7-10)13(19)22-14(20)21-12/h1-7H,(H4,19,20,21,22). The molecule has 1 aromatic heterocycles. The average Bonchev–Trinajstić information content (AvgIpc) is 2.53. The van der Waals surface area contributed by atoms with Gasteiger partial charge in [0, 0.05) is 5.39 Å². The summed E-state index contributed by atoms with van der Waals surface area (Å²) in [7, 11) is -4.18. The normalized spacial score (nSPS) is 12.4. The number of sulfone groups is 1. The Kier molecular flexibility index (Phi) is 3.79. The third kappa shape index (κ3) is 3.07. The number of nitrogen functional groups attached to an aromatic ring is 2. The van der Waals surface area contributed by atoms with E-state index in [4.69, 9.17) is 11.5 Å². The molecule has 4 N–H and O–H groups in total. The highest BCUT2D eigenvalue weighted by atomic mass is 32.2. The van der Waals surface area contributed by atoms with Crippen LogP contribution in [0.4, 0.5) is 24.9 Å². The van der Waals surface area contributed by atoms with Gasteiger partial charge < -0.3 is 11.5 Å². The summed E-state index contributed by atoms with van der Waals surface area (Å²) < 4.78 is 63.8. The SMILES string of the molecule is Nc1nc(N)c2cc(S(=O)(=O)c3cccc(C(F)(F)F)c3)ccc2n1. The van der Waals surface area contributed by atoms with Gasteiger partial charge in [-0.1, -0.05) is 6.07 Å². The minimum Gasteiger partial charge on any atom is -0.383 e. The molecule has 0 fully saturated rings. The second-order valence-electron chi connectivity index (χ2n) is 5.18. The lowest BCUT2D eigenvalue weighted by Crippen LogP contribution is -2.08. The van der Waals surface area contributed by atoms with E-state index in [1.807, 2.05) is 0 Å². The van der Waals surface area contributed by atoms with Gasteiger partial charge in [-0.2, -0.15) is 18.2 Å². The third-order valence-electron chi connectivity index (χ3n) is 3.50. The molecule has 0 spiro atoms. The Labute approximate surface area is 140 Å². The van der Waals surface area contributed by atoms with Crippen molar-refractivity contribution >= 4 is 32.5 Å². The molecule has 25 heavy (non-hydrogen) atoms. The largest absolute Gasteiger partial charge is 0.416 e. The monoisotopic (exact) mass is 368 g/mol. The summed E-state index contributed by atoms with van der Waals surface area (Å²) in [6, 6.07) is 7.32. The molecular formula is C15H11F3N4O2S. The van der Waals surface area contributed by atoms with Crippen LogP contribution in [0.2, 0.25) is 0 Å². The van der Waals surface area contributed by atoms with Crippen molar-refractivity contribution in [3.05, 3.63) is 48.0 Å². The van der Waals surface area contributed by atoms with Crippen LogP contribution < -0.4 is 11.5 Å². The highest BCUT2D eigenvalue weighted by Gasteiger charge is 2.32. The summed E-state index contributed by atoms with van der Waals surface area (Å²) in [5.74, 6) is -0.0953. The minimum absolute atomic E-state index is 0.0245. The van der Waals surface area contributed by atoms with Gasteiger partial charge in [-0.15, -0.1) is 0 Å². The highest BCUT2D eigenvalue weighted by molar-refractivity contribution is 7.91. The quantitative estimate of drug-likeness (QED) is 0.719. The summed E-state index contributed by atoms with van der Waals surface area (Å²) in [6.45, 7) is 0. The van der Waals surface area contributed by atoms with E-state index in [-0.39, 0.29) is 22.0 Å². The molecule has 0 radical (unpaired) electrons. The fraction of sp³-hybridized carbons (Fsp3) is 0.0667. The maximum atomic E-state index is 12.8. The van der Waals surface area contributed by atoms with E-state index >= 15 is 0 Å². The van der Waals surface area contributed by atoms with E-state index in [1.54, 1.807) is 0 Å². The number of rotatable bonds is 2. The summed E-state index contributed by atoms with van der Waals surface area (Å²) in [5, 5.41) is 0.238. The van der Waals surface area contributed by atoms with E-state index in [0.717, 1.165) is 18.2 Å². The molecule has 1 heterocycles. The predicted molar refractivity (Wildman–Crippen MR) is 85.3 cm³/mol. The maximum Gasteiger partial charge on any atom is 0.416 e. The van der Waals surface area contributed by atoms with E-state index in [0.29, 0.717) is 11.6 Å². The van der Waals surface area contributed by atoms with Gasteiger partial charge in [0.1, 0.15) is 5.82 Å². The highest BCUT2D eigenvalue weighted by Crippen LogP contribution is 2.32. The molecule has 0 aliphatic carbocycles. The molecule has 0 saturated carbocycles. The lowest BCUT2D eigenvalue weighted by molar-refractivity contribution is -0.137. The molecule has 10 heteroatoms. The first-order chi connectivity index (χ1) is 11.6. The number of hydrogen-bond acceptors (Lipinski definition) is 6. The van der Waals surface area contributed by atoms with E-state index in [9.17, 15) is 21.6 Å². The number of fused-ring (bicyclic) bond motifs is 1. The lowest BCUT2D eigenvalue weighted by Gasteiger charge is -2.10. The molecule has 0 saturated heterocycles. The first-order valence-corrected chi connectivity index (χ1v) is 8.32. The van der Waals surface area contributed by atoms with Crippen molar-refractivity contribution in [1.82, 2.24) is 9.97 Å². The molecule has 0 aliphatic rings. The first kappa shape index (κ1) is 17.0. The van der Waals surface area contributed by atoms with Crippen LogP contribution in [0.15, 0.2) is 52.3 Å². The van der Waals surface area contributed by atoms with E-state index in [2.05, 4.69) is 9.97 Å². The molecule has 0 bridgehead atoms. The topological polar surface area (TPSA) is 112 Å². The van der Waals surface area contributed by atoms with Crippen LogP contribution in [0.25, 0.3) is 10.9 Å². The number of anilines is 2. The molecule has 0 aliphatic heterocycles. The molecule has 2 aromatic carbocycles. The smallest absolute Gasteiger partial charge is 0.383 e. The Bertz CT molecular complexity index is 1080. The van der Waals surface area contributed by atoms with Gasteiger partial charge in [0.15, 0.2) is 0 Å². The van der Waals surface area contributed by atoms with Gasteiger partial charge in [-0.05, 0) is 36.4 Å². The third-order valence-corrected chi connectivity index (χ3v) is 5.25. The zero-order valence-electron chi connectivity index (χ0n) is 12.4. The van der Waals surface area contributed by atoms with Crippen LogP contribution in [0.3, 0.4) is 0 Å². The Balaban J connectivity index is 2.17. The molecule has 0 atom stereocenters. The summed E-state index contributed by atoms with van der Waals surface area (Å²) in [5.41, 5.74) is 10.5. The fourth-order valence-corrected chi connectivity index (χ4v) is 3.62. The number of nitrogens with zero attached hydrogens (tertiary/aromatic N) is 2. The molecular weight excluding hydrogens is 357 g/mol. The average molecular weight is 368 g/mol. The van der Waals surface area contributed by atoms with Gasteiger partial charge in [0.05, 0.1) is 20.9 Å². The number of alkyl halides is 3. The lowest BCUT2D eigenvalue weighted by atomic mass is 10.2. The number of halogens is 3. The molecule has 0 unspecified atom stereocenters. The van der Waals surface area contributed by atoms with Crippen molar-refractivity contribution in [2.24, 2.45) is 0 Å². The first-order valence-electron chi connectivity index (χ1n) is 6.84. The van der Waals surface area contributed by atoms with Crippen molar-refractivity contribution in [2.45, 2.75) is 16.0 Å². The molecule has 0 amide bonds. The Morgan fingerprint density at radius 2 is 1.60 bits per heavy atom. The summed E-state index contributed by atoms with van der Waals surface area (Å²) in [6.07, 6.45) is -4.65. The maximum absolute atomic E-state index is 12.8. The van der Waals surface area contributed by atoms with E-state index in [1.165, 1.54) is 18.2 Å². The fourth-order valence-electron chi connectivity index (χ4n) is 2.29. The molecule has 130 valence electrons. The zero-order valence-corrected chi connectivity index (χ0v) is 13.3. The van der Waals surface area contributed by atoms with Crippen LogP contribution in [-0.2, 0) is 16.0 Å². The van der Waals surface area contributed by atoms with Gasteiger partial charge >= 0.3 is 6.18 Å². The predicted octanol–water partition coefficient (Wildman–Crippen LogP) is 2.65. The van der Waals surface area contributed by atoms with Crippen molar-refractivity contribution in [3.63, 3.8) is 0 Å². The number of nitrogens with two attached hydrogens (primary N) is 2. The van der Waals surface area contributed by atoms with Gasteiger partial charge in [-0.25, -0.2) is 13.4 Å². The second-order valence-corrected chi connectivity index (χ2v) is 7.12. The summed E-state index contributed by atoms with van der Waals surface area (Å²) >= 11 is 0. The Morgan fingerprint density at radius 1 is 0.920 bits per heavy atom. The number of hydrogen-bond donors (Lipinski definition) is 2. The van der Waals surface area contributed by atoms with Crippen molar-refractivity contribution in [3.8, 4) is 0 Å². The van der Waals surface area contributed by atoms with Crippen molar-refractivity contribution < 1.29 is 21.6 Å². The van der Waals surface area contributed by atoms with Crippen LogP contribution in [0.5, 0.6) is 0 Å². The van der Waals surface area contributed by atoms with Crippen molar-refractivity contribution in [2.75, 3.05) is 11.5 Å². The Morgan fingerprint density at radius 3 is 2.28 bits per heavy atom. The van der Waals surface area contributed by atoms with Gasteiger partial charge in [0.25, 0.3) is 0 Å². The van der Waals surface area contributed by atoms with Crippen LogP contribution >= 0.6 is 0 Å². The van der Waals surface area contributed by atoms with Gasteiger partial charge in [0.2, 0.25) is 15.8 Å².